The summed E-state index contributed by atoms with van der Waals surface area (Å²) in [5.74, 6) is 0.0639. The van der Waals surface area contributed by atoms with Gasteiger partial charge in [0.25, 0.3) is 5.91 Å². The van der Waals surface area contributed by atoms with Crippen molar-refractivity contribution in [1.29, 1.82) is 0 Å². The van der Waals surface area contributed by atoms with Gasteiger partial charge >= 0.3 is 5.97 Å². The van der Waals surface area contributed by atoms with Crippen LogP contribution in [0.15, 0.2) is 36.4 Å². The molecule has 2 aromatic rings. The molecule has 0 radical (unpaired) electrons. The second-order valence-corrected chi connectivity index (χ2v) is 6.83. The number of ether oxygens (including phenoxy) is 4. The van der Waals surface area contributed by atoms with Gasteiger partial charge in [0.2, 0.25) is 5.75 Å². The van der Waals surface area contributed by atoms with Gasteiger partial charge in [0.1, 0.15) is 0 Å². The molecule has 0 spiro atoms. The number of benzene rings is 2. The summed E-state index contributed by atoms with van der Waals surface area (Å²) in [5.41, 5.74) is 0.939. The van der Waals surface area contributed by atoms with Crippen molar-refractivity contribution in [2.45, 2.75) is 13.0 Å². The van der Waals surface area contributed by atoms with Gasteiger partial charge in [-0.1, -0.05) is 23.2 Å². The first kappa shape index (κ1) is 23.4. The summed E-state index contributed by atoms with van der Waals surface area (Å²) in [4.78, 5) is 24.4. The predicted octanol–water partition coefficient (Wildman–Crippen LogP) is 4.60. The number of esters is 1. The lowest BCUT2D eigenvalue weighted by Crippen LogP contribution is -2.29. The molecule has 7 nitrogen and oxygen atoms in total. The third-order valence-electron chi connectivity index (χ3n) is 3.95. The highest BCUT2D eigenvalue weighted by Crippen LogP contribution is 2.38. The van der Waals surface area contributed by atoms with E-state index in [9.17, 15) is 9.59 Å². The average Bonchev–Trinajstić information content (AvgIpc) is 2.73. The molecule has 1 N–H and O–H groups in total. The zero-order valence-electron chi connectivity index (χ0n) is 16.8. The van der Waals surface area contributed by atoms with E-state index in [1.54, 1.807) is 24.3 Å². The van der Waals surface area contributed by atoms with Gasteiger partial charge in [-0.25, -0.2) is 4.79 Å². The lowest BCUT2D eigenvalue weighted by molar-refractivity contribution is -0.148. The van der Waals surface area contributed by atoms with Crippen LogP contribution in [0.5, 0.6) is 17.2 Å². The van der Waals surface area contributed by atoms with Crippen molar-refractivity contribution in [1.82, 2.24) is 0 Å². The number of nitrogens with one attached hydrogen (secondary N) is 1. The fraction of sp³-hybridized carbons (Fsp3) is 0.238. The number of halogens is 2. The number of anilines is 1. The maximum absolute atomic E-state index is 12.3. The second kappa shape index (κ2) is 10.8. The van der Waals surface area contributed by atoms with Crippen LogP contribution in [-0.4, -0.2) is 39.3 Å². The Labute approximate surface area is 184 Å². The van der Waals surface area contributed by atoms with Gasteiger partial charge < -0.3 is 24.3 Å². The molecule has 0 aliphatic carbocycles. The molecule has 1 unspecified atom stereocenters. The molecule has 0 aliphatic rings. The summed E-state index contributed by atoms with van der Waals surface area (Å²) in [6.45, 7) is 1.44. The SMILES string of the molecule is COc1cc(/C=C/C(=O)OC(C)C(=O)Nc2cc(Cl)ccc2Cl)cc(OC)c1OC. The topological polar surface area (TPSA) is 83.1 Å². The summed E-state index contributed by atoms with van der Waals surface area (Å²) in [7, 11) is 4.48. The molecular weight excluding hydrogens is 433 g/mol. The fourth-order valence-corrected chi connectivity index (χ4v) is 2.79. The van der Waals surface area contributed by atoms with E-state index in [1.807, 2.05) is 0 Å². The number of rotatable bonds is 8. The molecular formula is C21H21Cl2NO6. The third-order valence-corrected chi connectivity index (χ3v) is 4.51. The predicted molar refractivity (Wildman–Crippen MR) is 116 cm³/mol. The van der Waals surface area contributed by atoms with Crippen molar-refractivity contribution in [2.24, 2.45) is 0 Å². The maximum atomic E-state index is 12.3. The Bertz CT molecular complexity index is 936. The van der Waals surface area contributed by atoms with Crippen molar-refractivity contribution in [3.8, 4) is 17.2 Å². The highest BCUT2D eigenvalue weighted by atomic mass is 35.5. The number of hydrogen-bond donors (Lipinski definition) is 1. The van der Waals surface area contributed by atoms with E-state index >= 15 is 0 Å². The van der Waals surface area contributed by atoms with Gasteiger partial charge in [-0.2, -0.15) is 0 Å². The van der Waals surface area contributed by atoms with Crippen LogP contribution in [0.4, 0.5) is 5.69 Å². The first-order valence-electron chi connectivity index (χ1n) is 8.73. The van der Waals surface area contributed by atoms with Crippen molar-refractivity contribution in [3.63, 3.8) is 0 Å². The van der Waals surface area contributed by atoms with Gasteiger partial charge in [0.15, 0.2) is 17.6 Å². The highest BCUT2D eigenvalue weighted by molar-refractivity contribution is 6.35. The Morgan fingerprint density at radius 2 is 1.63 bits per heavy atom. The fourth-order valence-electron chi connectivity index (χ4n) is 2.46. The van der Waals surface area contributed by atoms with Gasteiger partial charge in [-0.05, 0) is 48.9 Å². The highest BCUT2D eigenvalue weighted by Gasteiger charge is 2.18. The molecule has 0 aromatic heterocycles. The molecule has 0 heterocycles. The van der Waals surface area contributed by atoms with Crippen LogP contribution in [-0.2, 0) is 14.3 Å². The molecule has 160 valence electrons. The summed E-state index contributed by atoms with van der Waals surface area (Å²) < 4.78 is 20.9. The summed E-state index contributed by atoms with van der Waals surface area (Å²) in [6, 6.07) is 7.98. The first-order chi connectivity index (χ1) is 14.3. The van der Waals surface area contributed by atoms with Crippen molar-refractivity contribution < 1.29 is 28.5 Å². The molecule has 0 saturated heterocycles. The zero-order valence-corrected chi connectivity index (χ0v) is 18.3. The molecule has 0 aliphatic heterocycles. The molecule has 0 bridgehead atoms. The molecule has 1 atom stereocenters. The number of carbonyl (C=O) groups is 2. The van der Waals surface area contributed by atoms with E-state index < -0.39 is 18.0 Å². The van der Waals surface area contributed by atoms with E-state index in [0.717, 1.165) is 0 Å². The standard InChI is InChI=1S/C21H21Cl2NO6/c1-12(21(26)24-16-11-14(22)6-7-15(16)23)30-19(25)8-5-13-9-17(27-2)20(29-4)18(10-13)28-3/h5-12H,1-4H3,(H,24,26)/b8-5+. The van der Waals surface area contributed by atoms with Gasteiger partial charge in [-0.15, -0.1) is 0 Å². The van der Waals surface area contributed by atoms with Gasteiger partial charge in [-0.3, -0.25) is 4.79 Å². The third kappa shape index (κ3) is 6.05. The number of amides is 1. The minimum Gasteiger partial charge on any atom is -0.493 e. The Morgan fingerprint density at radius 3 is 2.20 bits per heavy atom. The second-order valence-electron chi connectivity index (χ2n) is 5.98. The van der Waals surface area contributed by atoms with Gasteiger partial charge in [0.05, 0.1) is 32.0 Å². The first-order valence-corrected chi connectivity index (χ1v) is 9.49. The lowest BCUT2D eigenvalue weighted by Gasteiger charge is -2.14. The van der Waals surface area contributed by atoms with Gasteiger partial charge in [0, 0.05) is 11.1 Å². The van der Waals surface area contributed by atoms with Crippen molar-refractivity contribution in [3.05, 3.63) is 52.0 Å². The molecule has 2 rings (SSSR count). The van der Waals surface area contributed by atoms with Crippen LogP contribution >= 0.6 is 23.2 Å². The van der Waals surface area contributed by atoms with E-state index in [1.165, 1.54) is 46.5 Å². The van der Waals surface area contributed by atoms with Crippen LogP contribution < -0.4 is 19.5 Å². The lowest BCUT2D eigenvalue weighted by atomic mass is 10.1. The summed E-state index contributed by atoms with van der Waals surface area (Å²) in [5, 5.41) is 3.29. The van der Waals surface area contributed by atoms with E-state index in [4.69, 9.17) is 42.1 Å². The normalized spacial score (nSPS) is 11.7. The van der Waals surface area contributed by atoms with E-state index in [2.05, 4.69) is 5.32 Å². The Hall–Kier alpha value is -2.90. The van der Waals surface area contributed by atoms with Crippen LogP contribution in [0.3, 0.4) is 0 Å². The number of hydrogen-bond acceptors (Lipinski definition) is 6. The van der Waals surface area contributed by atoms with Crippen molar-refractivity contribution in [2.75, 3.05) is 26.6 Å². The minimum atomic E-state index is -1.06. The molecule has 2 aromatic carbocycles. The summed E-state index contributed by atoms with van der Waals surface area (Å²) in [6.07, 6.45) is 1.64. The Morgan fingerprint density at radius 1 is 1.00 bits per heavy atom. The molecule has 9 heteroatoms. The Kier molecular flexibility index (Phi) is 8.38. The summed E-state index contributed by atoms with van der Waals surface area (Å²) >= 11 is 11.9. The van der Waals surface area contributed by atoms with Crippen LogP contribution in [0.2, 0.25) is 10.0 Å². The zero-order chi connectivity index (χ0) is 22.3. The monoisotopic (exact) mass is 453 g/mol. The molecule has 30 heavy (non-hydrogen) atoms. The maximum Gasteiger partial charge on any atom is 0.331 e. The van der Waals surface area contributed by atoms with Crippen LogP contribution in [0.1, 0.15) is 12.5 Å². The Balaban J connectivity index is 2.05. The molecule has 0 fully saturated rings. The average molecular weight is 454 g/mol. The number of carbonyl (C=O) groups excluding carboxylic acids is 2. The molecule has 1 amide bonds. The largest absolute Gasteiger partial charge is 0.493 e. The smallest absolute Gasteiger partial charge is 0.331 e. The van der Waals surface area contributed by atoms with Crippen LogP contribution in [0.25, 0.3) is 6.08 Å². The number of methoxy groups -OCH3 is 3. The van der Waals surface area contributed by atoms with E-state index in [0.29, 0.717) is 38.5 Å². The minimum absolute atomic E-state index is 0.313. The van der Waals surface area contributed by atoms with E-state index in [-0.39, 0.29) is 0 Å². The molecule has 0 saturated carbocycles. The van der Waals surface area contributed by atoms with Crippen molar-refractivity contribution >= 4 is 46.8 Å². The quantitative estimate of drug-likeness (QED) is 0.464. The van der Waals surface area contributed by atoms with Crippen LogP contribution in [0, 0.1) is 0 Å².